The lowest BCUT2D eigenvalue weighted by atomic mass is 10.7. The van der Waals surface area contributed by atoms with Gasteiger partial charge in [-0.25, -0.2) is 9.59 Å². The molecule has 3 N–H and O–H groups in total. The predicted octanol–water partition coefficient (Wildman–Crippen LogP) is -0.233. The number of hydrogen-bond acceptors (Lipinski definition) is 5. The van der Waals surface area contributed by atoms with Gasteiger partial charge < -0.3 is 14.4 Å². The summed E-state index contributed by atoms with van der Waals surface area (Å²) in [5.41, 5.74) is 0. The van der Waals surface area contributed by atoms with Gasteiger partial charge in [0.2, 0.25) is 0 Å². The maximum Gasteiger partial charge on any atom is 0.435 e. The Kier molecular flexibility index (Phi) is 5.03. The molecule has 1 rings (SSSR count). The van der Waals surface area contributed by atoms with Crippen LogP contribution in [-0.4, -0.2) is 17.0 Å². The van der Waals surface area contributed by atoms with Gasteiger partial charge in [0, 0.05) is 0 Å². The standard InChI is InChI=1S/C4H4O.C2H3NO4/c1-2-4-5-3-1;3-7-2(6)1(4)5/h1-4H;3H2,(H,4,5). The highest BCUT2D eigenvalue weighted by Gasteiger charge is 2.09. The van der Waals surface area contributed by atoms with E-state index >= 15 is 0 Å². The summed E-state index contributed by atoms with van der Waals surface area (Å²) in [6.07, 6.45) is 3.25. The van der Waals surface area contributed by atoms with Gasteiger partial charge in [-0.15, -0.1) is 0 Å². The van der Waals surface area contributed by atoms with E-state index in [1.54, 1.807) is 12.5 Å². The third-order valence-corrected chi connectivity index (χ3v) is 0.707. The molecule has 0 amide bonds. The van der Waals surface area contributed by atoms with Crippen molar-refractivity contribution in [2.45, 2.75) is 0 Å². The Balaban J connectivity index is 0.000000211. The maximum absolute atomic E-state index is 9.56. The highest BCUT2D eigenvalue weighted by molar-refractivity contribution is 6.28. The van der Waals surface area contributed by atoms with Crippen LogP contribution in [0.15, 0.2) is 29.1 Å². The summed E-state index contributed by atoms with van der Waals surface area (Å²) < 4.78 is 4.58. The molecule has 0 saturated carbocycles. The zero-order chi connectivity index (χ0) is 9.40. The summed E-state index contributed by atoms with van der Waals surface area (Å²) in [5, 5.41) is 7.63. The number of aliphatic carboxylic acids is 1. The molecule has 0 aliphatic carbocycles. The zero-order valence-corrected chi connectivity index (χ0v) is 5.97. The van der Waals surface area contributed by atoms with Crippen LogP contribution in [0.3, 0.4) is 0 Å². The molecule has 6 heteroatoms. The van der Waals surface area contributed by atoms with Crippen LogP contribution in [0.1, 0.15) is 0 Å². The number of nitrogens with two attached hydrogens (primary N) is 1. The van der Waals surface area contributed by atoms with Crippen molar-refractivity contribution in [2.24, 2.45) is 5.90 Å². The molecule has 0 saturated heterocycles. The average molecular weight is 173 g/mol. The summed E-state index contributed by atoms with van der Waals surface area (Å²) in [4.78, 5) is 22.2. The van der Waals surface area contributed by atoms with Gasteiger partial charge in [0.15, 0.2) is 0 Å². The van der Waals surface area contributed by atoms with Crippen LogP contribution in [0, 0.1) is 0 Å². The normalized spacial score (nSPS) is 7.75. The molecule has 0 aliphatic rings. The van der Waals surface area contributed by atoms with Crippen LogP contribution in [0.25, 0.3) is 0 Å². The molecule has 0 aromatic carbocycles. The fourth-order valence-electron chi connectivity index (χ4n) is 0.277. The Morgan fingerprint density at radius 2 is 1.83 bits per heavy atom. The molecule has 0 fully saturated rings. The van der Waals surface area contributed by atoms with Gasteiger partial charge in [-0.2, -0.15) is 5.90 Å². The van der Waals surface area contributed by atoms with Crippen molar-refractivity contribution in [3.05, 3.63) is 24.7 Å². The van der Waals surface area contributed by atoms with Crippen molar-refractivity contribution in [1.82, 2.24) is 0 Å². The third-order valence-electron chi connectivity index (χ3n) is 0.707. The van der Waals surface area contributed by atoms with Crippen LogP contribution < -0.4 is 5.90 Å². The van der Waals surface area contributed by atoms with Gasteiger partial charge >= 0.3 is 11.9 Å². The first-order valence-corrected chi connectivity index (χ1v) is 2.79. The van der Waals surface area contributed by atoms with Gasteiger partial charge in [0.25, 0.3) is 0 Å². The lowest BCUT2D eigenvalue weighted by molar-refractivity contribution is -0.164. The van der Waals surface area contributed by atoms with Gasteiger partial charge in [-0.3, -0.25) is 0 Å². The minimum Gasteiger partial charge on any atom is -0.473 e. The van der Waals surface area contributed by atoms with E-state index in [0.29, 0.717) is 0 Å². The van der Waals surface area contributed by atoms with Gasteiger partial charge in [0.1, 0.15) is 0 Å². The zero-order valence-electron chi connectivity index (χ0n) is 5.97. The molecule has 0 spiro atoms. The van der Waals surface area contributed by atoms with Crippen LogP contribution >= 0.6 is 0 Å². The molecule has 0 aliphatic heterocycles. The minimum absolute atomic E-state index is 1.46. The van der Waals surface area contributed by atoms with Crippen LogP contribution in [0.2, 0.25) is 0 Å². The van der Waals surface area contributed by atoms with E-state index in [4.69, 9.17) is 5.11 Å². The Morgan fingerprint density at radius 3 is 1.92 bits per heavy atom. The second-order valence-corrected chi connectivity index (χ2v) is 1.50. The molecule has 0 radical (unpaired) electrons. The molecule has 1 aromatic rings. The number of carbonyl (C=O) groups excluding carboxylic acids is 1. The fraction of sp³-hybridized carbons (Fsp3) is 0. The number of carbonyl (C=O) groups is 2. The molecule has 12 heavy (non-hydrogen) atoms. The van der Waals surface area contributed by atoms with E-state index < -0.39 is 11.9 Å². The van der Waals surface area contributed by atoms with Crippen LogP contribution in [0.5, 0.6) is 0 Å². The van der Waals surface area contributed by atoms with E-state index in [2.05, 4.69) is 15.2 Å². The summed E-state index contributed by atoms with van der Waals surface area (Å²) in [6.45, 7) is 0. The molecule has 6 nitrogen and oxygen atoms in total. The van der Waals surface area contributed by atoms with E-state index in [0.717, 1.165) is 0 Å². The van der Waals surface area contributed by atoms with E-state index in [1.807, 2.05) is 12.1 Å². The molecule has 0 bridgehead atoms. The fourth-order valence-corrected chi connectivity index (χ4v) is 0.277. The number of furan rings is 1. The van der Waals surface area contributed by atoms with Gasteiger partial charge in [-0.1, -0.05) is 0 Å². The monoisotopic (exact) mass is 173 g/mol. The summed E-state index contributed by atoms with van der Waals surface area (Å²) in [6, 6.07) is 3.67. The Hall–Kier alpha value is -1.82. The smallest absolute Gasteiger partial charge is 0.435 e. The summed E-state index contributed by atoms with van der Waals surface area (Å²) >= 11 is 0. The second-order valence-electron chi connectivity index (χ2n) is 1.50. The van der Waals surface area contributed by atoms with E-state index in [1.165, 1.54) is 0 Å². The third kappa shape index (κ3) is 5.00. The Labute approximate surface area is 67.5 Å². The first-order valence-electron chi connectivity index (χ1n) is 2.79. The SMILES string of the molecule is NOC(=O)C(=O)O.c1ccoc1. The Morgan fingerprint density at radius 1 is 1.33 bits per heavy atom. The Bertz CT molecular complexity index is 213. The highest BCUT2D eigenvalue weighted by atomic mass is 16.7. The molecule has 66 valence electrons. The first kappa shape index (κ1) is 10.2. The van der Waals surface area contributed by atoms with Crippen molar-refractivity contribution in [3.8, 4) is 0 Å². The molecule has 1 heterocycles. The van der Waals surface area contributed by atoms with Crippen molar-refractivity contribution >= 4 is 11.9 Å². The average Bonchev–Trinajstić information content (AvgIpc) is 2.59. The van der Waals surface area contributed by atoms with Crippen molar-refractivity contribution in [2.75, 3.05) is 0 Å². The van der Waals surface area contributed by atoms with Crippen molar-refractivity contribution < 1.29 is 24.0 Å². The largest absolute Gasteiger partial charge is 0.473 e. The minimum atomic E-state index is -1.69. The summed E-state index contributed by atoms with van der Waals surface area (Å²) in [7, 11) is 0. The van der Waals surface area contributed by atoms with Gasteiger partial charge in [-0.05, 0) is 12.1 Å². The van der Waals surface area contributed by atoms with Crippen molar-refractivity contribution in [3.63, 3.8) is 0 Å². The number of carboxylic acid groups (broad SMARTS) is 1. The van der Waals surface area contributed by atoms with Crippen molar-refractivity contribution in [1.29, 1.82) is 0 Å². The molecular formula is C6H7NO5. The topological polar surface area (TPSA) is 103 Å². The molecule has 0 unspecified atom stereocenters. The van der Waals surface area contributed by atoms with Crippen LogP contribution in [-0.2, 0) is 14.4 Å². The highest BCUT2D eigenvalue weighted by Crippen LogP contribution is 1.79. The number of carboxylic acids is 1. The predicted molar refractivity (Wildman–Crippen MR) is 36.6 cm³/mol. The summed E-state index contributed by atoms with van der Waals surface area (Å²) in [5.74, 6) is 0.992. The van der Waals surface area contributed by atoms with Crippen LogP contribution in [0.4, 0.5) is 0 Å². The maximum atomic E-state index is 9.56. The lowest BCUT2D eigenvalue weighted by Gasteiger charge is -1.84. The van der Waals surface area contributed by atoms with Gasteiger partial charge in [0.05, 0.1) is 12.5 Å². The van der Waals surface area contributed by atoms with E-state index in [-0.39, 0.29) is 0 Å². The number of rotatable bonds is 0. The molecule has 1 aromatic heterocycles. The van der Waals surface area contributed by atoms with E-state index in [9.17, 15) is 9.59 Å². The number of hydrogen-bond donors (Lipinski definition) is 2. The quantitative estimate of drug-likeness (QED) is 0.414. The molecule has 0 atom stereocenters. The lowest BCUT2D eigenvalue weighted by Crippen LogP contribution is -2.19. The second kappa shape index (κ2) is 5.93. The molecular weight excluding hydrogens is 166 g/mol. The first-order chi connectivity index (χ1) is 5.68.